The molecule has 0 aromatic carbocycles. The maximum Gasteiger partial charge on any atom is 0.0700 e. The molecular weight excluding hydrogens is 278 g/mol. The lowest BCUT2D eigenvalue weighted by Crippen LogP contribution is -2.19. The van der Waals surface area contributed by atoms with Crippen molar-refractivity contribution < 1.29 is 9.47 Å². The van der Waals surface area contributed by atoms with Crippen LogP contribution in [0, 0.1) is 0 Å². The molecule has 1 N–H and O–H groups in total. The molecule has 1 heterocycles. The Morgan fingerprint density at radius 2 is 2.27 bits per heavy atom. The average Bonchev–Trinajstić information content (AvgIpc) is 2.63. The van der Waals surface area contributed by atoms with E-state index in [9.17, 15) is 0 Å². The lowest BCUT2D eigenvalue weighted by Gasteiger charge is -2.05. The molecule has 86 valence electrons. The monoisotopic (exact) mass is 293 g/mol. The highest BCUT2D eigenvalue weighted by atomic mass is 79.9. The van der Waals surface area contributed by atoms with Crippen LogP contribution in [-0.2, 0) is 16.0 Å². The minimum atomic E-state index is 0.663. The van der Waals surface area contributed by atoms with Crippen molar-refractivity contribution in [2.24, 2.45) is 0 Å². The molecule has 0 bridgehead atoms. The van der Waals surface area contributed by atoms with E-state index in [1.165, 1.54) is 9.35 Å². The summed E-state index contributed by atoms with van der Waals surface area (Å²) in [5.41, 5.74) is 0. The molecule has 1 aromatic heterocycles. The molecule has 0 aliphatic carbocycles. The lowest BCUT2D eigenvalue weighted by atomic mass is 10.4. The summed E-state index contributed by atoms with van der Waals surface area (Å²) in [5.74, 6) is 0. The first-order valence-corrected chi connectivity index (χ1v) is 6.51. The quantitative estimate of drug-likeness (QED) is 0.746. The number of halogens is 1. The second-order valence-electron chi connectivity index (χ2n) is 2.97. The van der Waals surface area contributed by atoms with Crippen molar-refractivity contribution in [2.75, 3.05) is 33.5 Å². The highest BCUT2D eigenvalue weighted by Crippen LogP contribution is 2.21. The van der Waals surface area contributed by atoms with E-state index >= 15 is 0 Å². The normalized spacial score (nSPS) is 10.8. The van der Waals surface area contributed by atoms with Gasteiger partial charge in [-0.05, 0) is 27.4 Å². The first kappa shape index (κ1) is 13.1. The van der Waals surface area contributed by atoms with Gasteiger partial charge < -0.3 is 14.8 Å². The molecule has 0 spiro atoms. The van der Waals surface area contributed by atoms with Crippen molar-refractivity contribution in [3.63, 3.8) is 0 Å². The van der Waals surface area contributed by atoms with Gasteiger partial charge in [-0.15, -0.1) is 11.3 Å². The summed E-state index contributed by atoms with van der Waals surface area (Å²) in [4.78, 5) is 1.33. The molecule has 3 nitrogen and oxygen atoms in total. The molecule has 0 saturated heterocycles. The van der Waals surface area contributed by atoms with Gasteiger partial charge in [0.2, 0.25) is 0 Å². The second-order valence-corrected chi connectivity index (χ2v) is 4.83. The fourth-order valence-electron chi connectivity index (χ4n) is 1.04. The summed E-state index contributed by atoms with van der Waals surface area (Å²) < 4.78 is 11.4. The van der Waals surface area contributed by atoms with Gasteiger partial charge >= 0.3 is 0 Å². The van der Waals surface area contributed by atoms with Gasteiger partial charge in [0.1, 0.15) is 0 Å². The molecule has 0 aliphatic heterocycles. The largest absolute Gasteiger partial charge is 0.382 e. The topological polar surface area (TPSA) is 30.5 Å². The Hall–Kier alpha value is 0.0600. The van der Waals surface area contributed by atoms with Crippen LogP contribution in [0.25, 0.3) is 0 Å². The molecule has 0 atom stereocenters. The molecule has 0 unspecified atom stereocenters. The number of hydrogen-bond acceptors (Lipinski definition) is 4. The Morgan fingerprint density at radius 3 is 2.93 bits per heavy atom. The van der Waals surface area contributed by atoms with Crippen LogP contribution in [-0.4, -0.2) is 33.5 Å². The molecule has 0 fully saturated rings. The molecule has 0 radical (unpaired) electrons. The van der Waals surface area contributed by atoms with Gasteiger partial charge in [-0.1, -0.05) is 0 Å². The van der Waals surface area contributed by atoms with Crippen LogP contribution in [0.5, 0.6) is 0 Å². The summed E-state index contributed by atoms with van der Waals surface area (Å²) in [7, 11) is 1.68. The maximum atomic E-state index is 5.33. The van der Waals surface area contributed by atoms with Gasteiger partial charge in [0, 0.05) is 29.5 Å². The van der Waals surface area contributed by atoms with E-state index < -0.39 is 0 Å². The number of methoxy groups -OCH3 is 1. The van der Waals surface area contributed by atoms with E-state index in [1.54, 1.807) is 18.4 Å². The Morgan fingerprint density at radius 1 is 1.40 bits per heavy atom. The van der Waals surface area contributed by atoms with Crippen LogP contribution < -0.4 is 5.32 Å². The number of rotatable bonds is 8. The third kappa shape index (κ3) is 5.63. The van der Waals surface area contributed by atoms with Gasteiger partial charge in [-0.25, -0.2) is 0 Å². The molecule has 1 rings (SSSR count). The first-order valence-electron chi connectivity index (χ1n) is 4.84. The molecule has 5 heteroatoms. The lowest BCUT2D eigenvalue weighted by molar-refractivity contribution is 0.0719. The van der Waals surface area contributed by atoms with Crippen molar-refractivity contribution in [2.45, 2.75) is 6.54 Å². The van der Waals surface area contributed by atoms with Crippen LogP contribution in [0.4, 0.5) is 0 Å². The Balaban J connectivity index is 1.96. The van der Waals surface area contributed by atoms with Gasteiger partial charge in [0.15, 0.2) is 0 Å². The standard InChI is InChI=1S/C10H16BrNO2S/c1-13-5-6-14-4-3-12-8-10-9(11)2-7-15-10/h2,7,12H,3-6,8H2,1H3. The van der Waals surface area contributed by atoms with E-state index in [1.807, 2.05) is 0 Å². The molecular formula is C10H16BrNO2S. The summed E-state index contributed by atoms with van der Waals surface area (Å²) in [6.45, 7) is 3.82. The first-order chi connectivity index (χ1) is 7.34. The molecule has 0 saturated carbocycles. The van der Waals surface area contributed by atoms with Crippen LogP contribution in [0.1, 0.15) is 4.88 Å². The second kappa shape index (κ2) is 8.24. The third-order valence-corrected chi connectivity index (χ3v) is 3.76. The maximum absolute atomic E-state index is 5.33. The van der Waals surface area contributed by atoms with Crippen LogP contribution in [0.3, 0.4) is 0 Å². The Labute approximate surface area is 103 Å². The summed E-state index contributed by atoms with van der Waals surface area (Å²) in [6.07, 6.45) is 0. The molecule has 0 amide bonds. The zero-order chi connectivity index (χ0) is 10.9. The number of thiophene rings is 1. The minimum absolute atomic E-state index is 0.663. The van der Waals surface area contributed by atoms with Crippen molar-refractivity contribution in [1.82, 2.24) is 5.32 Å². The van der Waals surface area contributed by atoms with Crippen molar-refractivity contribution in [3.8, 4) is 0 Å². The highest BCUT2D eigenvalue weighted by Gasteiger charge is 1.99. The van der Waals surface area contributed by atoms with Crippen molar-refractivity contribution in [3.05, 3.63) is 20.8 Å². The third-order valence-electron chi connectivity index (χ3n) is 1.83. The minimum Gasteiger partial charge on any atom is -0.382 e. The van der Waals surface area contributed by atoms with Gasteiger partial charge in [-0.2, -0.15) is 0 Å². The van der Waals surface area contributed by atoms with Crippen molar-refractivity contribution in [1.29, 1.82) is 0 Å². The fourth-order valence-corrected chi connectivity index (χ4v) is 2.50. The van der Waals surface area contributed by atoms with Crippen LogP contribution >= 0.6 is 27.3 Å². The van der Waals surface area contributed by atoms with E-state index in [0.29, 0.717) is 13.2 Å². The van der Waals surface area contributed by atoms with Crippen molar-refractivity contribution >= 4 is 27.3 Å². The predicted molar refractivity (Wildman–Crippen MR) is 66.4 cm³/mol. The Kier molecular flexibility index (Phi) is 7.21. The van der Waals surface area contributed by atoms with E-state index in [4.69, 9.17) is 9.47 Å². The van der Waals surface area contributed by atoms with E-state index in [0.717, 1.165) is 19.7 Å². The van der Waals surface area contributed by atoms with Gasteiger partial charge in [-0.3, -0.25) is 0 Å². The van der Waals surface area contributed by atoms with Gasteiger partial charge in [0.05, 0.1) is 19.8 Å². The summed E-state index contributed by atoms with van der Waals surface area (Å²) in [5, 5.41) is 5.40. The Bertz CT molecular complexity index is 268. The highest BCUT2D eigenvalue weighted by molar-refractivity contribution is 9.10. The number of hydrogen-bond donors (Lipinski definition) is 1. The molecule has 15 heavy (non-hydrogen) atoms. The average molecular weight is 294 g/mol. The zero-order valence-electron chi connectivity index (χ0n) is 8.79. The van der Waals surface area contributed by atoms with Crippen LogP contribution in [0.15, 0.2) is 15.9 Å². The number of ether oxygens (including phenoxy) is 2. The summed E-state index contributed by atoms with van der Waals surface area (Å²) in [6, 6.07) is 2.07. The van der Waals surface area contributed by atoms with Gasteiger partial charge in [0.25, 0.3) is 0 Å². The molecule has 1 aromatic rings. The van der Waals surface area contributed by atoms with E-state index in [2.05, 4.69) is 32.7 Å². The smallest absolute Gasteiger partial charge is 0.0700 e. The zero-order valence-corrected chi connectivity index (χ0v) is 11.2. The number of nitrogens with one attached hydrogen (secondary N) is 1. The van der Waals surface area contributed by atoms with E-state index in [-0.39, 0.29) is 0 Å². The SMILES string of the molecule is COCCOCCNCc1sccc1Br. The van der Waals surface area contributed by atoms with Crippen LogP contribution in [0.2, 0.25) is 0 Å². The predicted octanol–water partition coefficient (Wildman–Crippen LogP) is 2.26. The fraction of sp³-hybridized carbons (Fsp3) is 0.600. The molecule has 0 aliphatic rings. The summed E-state index contributed by atoms with van der Waals surface area (Å²) >= 11 is 5.24.